The van der Waals surface area contributed by atoms with Gasteiger partial charge in [0.2, 0.25) is 0 Å². The highest BCUT2D eigenvalue weighted by molar-refractivity contribution is 5.41. The Morgan fingerprint density at radius 1 is 1.25 bits per heavy atom. The van der Waals surface area contributed by atoms with Gasteiger partial charge < -0.3 is 19.9 Å². The molecule has 3 rings (SSSR count). The summed E-state index contributed by atoms with van der Waals surface area (Å²) in [5, 5.41) is 13.4. The summed E-state index contributed by atoms with van der Waals surface area (Å²) in [5.74, 6) is 1.63. The second-order valence-corrected chi connectivity index (χ2v) is 5.78. The molecule has 2 N–H and O–H groups in total. The molecule has 2 saturated carbocycles. The van der Waals surface area contributed by atoms with Gasteiger partial charge >= 0.3 is 0 Å². The molecule has 0 aliphatic heterocycles. The number of methoxy groups -OCH3 is 1. The van der Waals surface area contributed by atoms with Crippen molar-refractivity contribution in [2.45, 2.75) is 56.9 Å². The van der Waals surface area contributed by atoms with E-state index < -0.39 is 0 Å². The first-order valence-electron chi connectivity index (χ1n) is 7.51. The zero-order valence-corrected chi connectivity index (χ0v) is 12.0. The minimum atomic E-state index is -0.342. The molecule has 0 saturated heterocycles. The van der Waals surface area contributed by atoms with Crippen molar-refractivity contribution in [1.82, 2.24) is 5.32 Å². The van der Waals surface area contributed by atoms with Crippen molar-refractivity contribution in [3.63, 3.8) is 0 Å². The third-order valence-electron chi connectivity index (χ3n) is 4.13. The van der Waals surface area contributed by atoms with E-state index in [9.17, 15) is 5.11 Å². The molecule has 0 radical (unpaired) electrons. The van der Waals surface area contributed by atoms with Crippen LogP contribution in [0.5, 0.6) is 11.5 Å². The lowest BCUT2D eigenvalue weighted by Gasteiger charge is -2.20. The second-order valence-electron chi connectivity index (χ2n) is 5.78. The standard InChI is InChI=1S/C16H23NO3/c1-19-13-8-5-11(10-17-12-6-7-12)16(9-13)20-15-4-2-3-14(15)18/h5,8-9,12,14-15,17-18H,2-4,6-7,10H2,1H3. The molecule has 1 aromatic carbocycles. The zero-order chi connectivity index (χ0) is 13.9. The fourth-order valence-corrected chi connectivity index (χ4v) is 2.67. The van der Waals surface area contributed by atoms with Crippen LogP contribution in [-0.4, -0.2) is 30.5 Å². The van der Waals surface area contributed by atoms with Crippen LogP contribution in [0.1, 0.15) is 37.7 Å². The van der Waals surface area contributed by atoms with Crippen molar-refractivity contribution in [1.29, 1.82) is 0 Å². The van der Waals surface area contributed by atoms with Gasteiger partial charge in [0.15, 0.2) is 0 Å². The summed E-state index contributed by atoms with van der Waals surface area (Å²) in [4.78, 5) is 0. The molecular formula is C16H23NO3. The van der Waals surface area contributed by atoms with Crippen LogP contribution in [0.25, 0.3) is 0 Å². The van der Waals surface area contributed by atoms with Crippen LogP contribution >= 0.6 is 0 Å². The summed E-state index contributed by atoms with van der Waals surface area (Å²) < 4.78 is 11.3. The van der Waals surface area contributed by atoms with E-state index in [1.807, 2.05) is 18.2 Å². The van der Waals surface area contributed by atoms with E-state index in [-0.39, 0.29) is 12.2 Å². The maximum absolute atomic E-state index is 9.92. The number of nitrogens with one attached hydrogen (secondary N) is 1. The summed E-state index contributed by atoms with van der Waals surface area (Å²) in [7, 11) is 1.66. The topological polar surface area (TPSA) is 50.7 Å². The van der Waals surface area contributed by atoms with Gasteiger partial charge in [-0.05, 0) is 38.2 Å². The summed E-state index contributed by atoms with van der Waals surface area (Å²) in [6.45, 7) is 0.812. The van der Waals surface area contributed by atoms with Gasteiger partial charge in [0, 0.05) is 24.2 Å². The molecule has 2 fully saturated rings. The highest BCUT2D eigenvalue weighted by Gasteiger charge is 2.28. The largest absolute Gasteiger partial charge is 0.497 e. The number of hydrogen-bond acceptors (Lipinski definition) is 4. The maximum atomic E-state index is 9.92. The molecule has 4 heteroatoms. The van der Waals surface area contributed by atoms with Gasteiger partial charge in [-0.25, -0.2) is 0 Å². The summed E-state index contributed by atoms with van der Waals surface area (Å²) >= 11 is 0. The normalized spacial score (nSPS) is 25.7. The van der Waals surface area contributed by atoms with Crippen molar-refractivity contribution in [3.8, 4) is 11.5 Å². The monoisotopic (exact) mass is 277 g/mol. The minimum Gasteiger partial charge on any atom is -0.497 e. The van der Waals surface area contributed by atoms with E-state index in [0.29, 0.717) is 6.04 Å². The SMILES string of the molecule is COc1ccc(CNC2CC2)c(OC2CCCC2O)c1. The quantitative estimate of drug-likeness (QED) is 0.837. The Balaban J connectivity index is 1.73. The molecule has 0 amide bonds. The highest BCUT2D eigenvalue weighted by atomic mass is 16.5. The number of aliphatic hydroxyl groups is 1. The molecule has 0 aromatic heterocycles. The first-order valence-corrected chi connectivity index (χ1v) is 7.51. The van der Waals surface area contributed by atoms with Crippen LogP contribution in [0.3, 0.4) is 0 Å². The lowest BCUT2D eigenvalue weighted by molar-refractivity contribution is 0.0595. The Labute approximate surface area is 120 Å². The van der Waals surface area contributed by atoms with Gasteiger partial charge in [0.1, 0.15) is 17.6 Å². The Morgan fingerprint density at radius 2 is 2.10 bits per heavy atom. The van der Waals surface area contributed by atoms with E-state index in [2.05, 4.69) is 5.32 Å². The van der Waals surface area contributed by atoms with Gasteiger partial charge in [0.05, 0.1) is 13.2 Å². The Hall–Kier alpha value is -1.26. The van der Waals surface area contributed by atoms with Crippen LogP contribution in [0.15, 0.2) is 18.2 Å². The third-order valence-corrected chi connectivity index (χ3v) is 4.13. The van der Waals surface area contributed by atoms with Crippen molar-refractivity contribution in [3.05, 3.63) is 23.8 Å². The third kappa shape index (κ3) is 3.25. The first-order chi connectivity index (χ1) is 9.76. The first kappa shape index (κ1) is 13.7. The molecule has 0 bridgehead atoms. The fourth-order valence-electron chi connectivity index (χ4n) is 2.67. The molecule has 0 heterocycles. The second kappa shape index (κ2) is 6.02. The minimum absolute atomic E-state index is 0.0817. The van der Waals surface area contributed by atoms with E-state index >= 15 is 0 Å². The number of hydrogen-bond donors (Lipinski definition) is 2. The average Bonchev–Trinajstić information content (AvgIpc) is 3.21. The van der Waals surface area contributed by atoms with Crippen LogP contribution < -0.4 is 14.8 Å². The number of benzene rings is 1. The predicted molar refractivity (Wildman–Crippen MR) is 77.1 cm³/mol. The number of aliphatic hydroxyl groups excluding tert-OH is 1. The molecule has 2 aliphatic carbocycles. The van der Waals surface area contributed by atoms with Gasteiger partial charge in [-0.1, -0.05) is 6.07 Å². The van der Waals surface area contributed by atoms with Crippen molar-refractivity contribution >= 4 is 0 Å². The molecule has 4 nitrogen and oxygen atoms in total. The molecule has 2 atom stereocenters. The molecular weight excluding hydrogens is 254 g/mol. The molecule has 1 aromatic rings. The van der Waals surface area contributed by atoms with E-state index in [0.717, 1.165) is 42.9 Å². The Kier molecular flexibility index (Phi) is 4.13. The summed E-state index contributed by atoms with van der Waals surface area (Å²) in [5.41, 5.74) is 1.14. The highest BCUT2D eigenvalue weighted by Crippen LogP contribution is 2.31. The lowest BCUT2D eigenvalue weighted by atomic mass is 10.1. The maximum Gasteiger partial charge on any atom is 0.128 e. The van der Waals surface area contributed by atoms with E-state index in [4.69, 9.17) is 9.47 Å². The van der Waals surface area contributed by atoms with Crippen LogP contribution in [0, 0.1) is 0 Å². The van der Waals surface area contributed by atoms with Crippen LogP contribution in [-0.2, 0) is 6.54 Å². The van der Waals surface area contributed by atoms with Gasteiger partial charge in [-0.15, -0.1) is 0 Å². The molecule has 20 heavy (non-hydrogen) atoms. The Bertz CT molecular complexity index is 459. The smallest absolute Gasteiger partial charge is 0.128 e. The predicted octanol–water partition coefficient (Wildman–Crippen LogP) is 2.24. The average molecular weight is 277 g/mol. The van der Waals surface area contributed by atoms with Gasteiger partial charge in [0.25, 0.3) is 0 Å². The van der Waals surface area contributed by atoms with E-state index in [1.54, 1.807) is 7.11 Å². The lowest BCUT2D eigenvalue weighted by Crippen LogP contribution is -2.26. The van der Waals surface area contributed by atoms with Crippen molar-refractivity contribution in [2.75, 3.05) is 7.11 Å². The van der Waals surface area contributed by atoms with Crippen molar-refractivity contribution in [2.24, 2.45) is 0 Å². The van der Waals surface area contributed by atoms with Gasteiger partial charge in [-0.2, -0.15) is 0 Å². The van der Waals surface area contributed by atoms with Gasteiger partial charge in [-0.3, -0.25) is 0 Å². The fraction of sp³-hybridized carbons (Fsp3) is 0.625. The summed E-state index contributed by atoms with van der Waals surface area (Å²) in [6, 6.07) is 6.60. The molecule has 110 valence electrons. The van der Waals surface area contributed by atoms with Crippen LogP contribution in [0.4, 0.5) is 0 Å². The molecule has 2 aliphatic rings. The summed E-state index contributed by atoms with van der Waals surface area (Å²) in [6.07, 6.45) is 4.91. The van der Waals surface area contributed by atoms with E-state index in [1.165, 1.54) is 12.8 Å². The number of ether oxygens (including phenoxy) is 2. The number of rotatable bonds is 6. The molecule has 2 unspecified atom stereocenters. The Morgan fingerprint density at radius 3 is 2.75 bits per heavy atom. The van der Waals surface area contributed by atoms with Crippen molar-refractivity contribution < 1.29 is 14.6 Å². The zero-order valence-electron chi connectivity index (χ0n) is 12.0. The molecule has 0 spiro atoms. The van der Waals surface area contributed by atoms with Crippen LogP contribution in [0.2, 0.25) is 0 Å².